The van der Waals surface area contributed by atoms with Crippen LogP contribution in [0.4, 0.5) is 0 Å². The van der Waals surface area contributed by atoms with Crippen LogP contribution in [-0.2, 0) is 4.74 Å². The molecule has 0 bridgehead atoms. The zero-order valence-electron chi connectivity index (χ0n) is 14.4. The minimum atomic E-state index is 0. The zero-order valence-corrected chi connectivity index (χ0v) is 17.5. The highest BCUT2D eigenvalue weighted by molar-refractivity contribution is 14.0. The molecule has 0 radical (unpaired) electrons. The number of nitrogens with zero attached hydrogens (tertiary/aromatic N) is 2. The van der Waals surface area contributed by atoms with Gasteiger partial charge in [0, 0.05) is 54.6 Å². The van der Waals surface area contributed by atoms with Gasteiger partial charge < -0.3 is 15.0 Å². The van der Waals surface area contributed by atoms with Crippen molar-refractivity contribution in [3.63, 3.8) is 0 Å². The molecule has 1 N–H and O–H groups in total. The first-order valence-corrected chi connectivity index (χ1v) is 9.07. The number of hydrogen-bond acceptors (Lipinski definition) is 3. The minimum absolute atomic E-state index is 0. The summed E-state index contributed by atoms with van der Waals surface area (Å²) >= 11 is 2.06. The third kappa shape index (κ3) is 3.24. The first-order valence-electron chi connectivity index (χ1n) is 8.09. The van der Waals surface area contributed by atoms with E-state index in [4.69, 9.17) is 4.74 Å². The standard InChI is InChI=1S/C16H29N3OS.HI/c1-15(2)10-19(7-9-21-15)14(17-5)18-12-11-6-8-20-13(11)16(12,3)4;/h11-13H,6-10H2,1-5H3,(H,17,18);1H. The van der Waals surface area contributed by atoms with Crippen LogP contribution in [0.3, 0.4) is 0 Å². The number of rotatable bonds is 1. The van der Waals surface area contributed by atoms with Gasteiger partial charge in [0.15, 0.2) is 5.96 Å². The maximum atomic E-state index is 5.89. The van der Waals surface area contributed by atoms with Gasteiger partial charge in [-0.15, -0.1) is 24.0 Å². The first-order chi connectivity index (χ1) is 9.85. The Hall–Kier alpha value is 0.310. The van der Waals surface area contributed by atoms with Gasteiger partial charge in [0.1, 0.15) is 0 Å². The Morgan fingerprint density at radius 1 is 1.32 bits per heavy atom. The van der Waals surface area contributed by atoms with E-state index in [1.165, 1.54) is 12.2 Å². The number of nitrogens with one attached hydrogen (secondary N) is 1. The summed E-state index contributed by atoms with van der Waals surface area (Å²) in [5.41, 5.74) is 0.206. The van der Waals surface area contributed by atoms with E-state index in [0.29, 0.717) is 22.8 Å². The Labute approximate surface area is 156 Å². The van der Waals surface area contributed by atoms with E-state index in [-0.39, 0.29) is 29.4 Å². The van der Waals surface area contributed by atoms with Crippen molar-refractivity contribution in [1.82, 2.24) is 10.2 Å². The van der Waals surface area contributed by atoms with Crippen LogP contribution in [0, 0.1) is 11.3 Å². The quantitative estimate of drug-likeness (QED) is 0.388. The van der Waals surface area contributed by atoms with Gasteiger partial charge in [-0.2, -0.15) is 11.8 Å². The van der Waals surface area contributed by atoms with Crippen molar-refractivity contribution in [3.05, 3.63) is 0 Å². The van der Waals surface area contributed by atoms with Gasteiger partial charge in [0.2, 0.25) is 0 Å². The molecule has 6 heteroatoms. The molecule has 3 fully saturated rings. The molecule has 1 aliphatic carbocycles. The third-order valence-corrected chi connectivity index (χ3v) is 6.62. The molecule has 4 nitrogen and oxygen atoms in total. The van der Waals surface area contributed by atoms with Crippen LogP contribution in [0.25, 0.3) is 0 Å². The summed E-state index contributed by atoms with van der Waals surface area (Å²) in [6.07, 6.45) is 1.62. The highest BCUT2D eigenvalue weighted by Crippen LogP contribution is 2.52. The molecule has 0 amide bonds. The van der Waals surface area contributed by atoms with E-state index in [1.807, 2.05) is 7.05 Å². The molecule has 3 aliphatic rings. The minimum Gasteiger partial charge on any atom is -0.377 e. The second-order valence-electron chi connectivity index (χ2n) is 7.76. The van der Waals surface area contributed by atoms with E-state index in [9.17, 15) is 0 Å². The second-order valence-corrected chi connectivity index (χ2v) is 9.57. The number of fused-ring (bicyclic) bond motifs is 1. The van der Waals surface area contributed by atoms with Crippen molar-refractivity contribution in [2.75, 3.05) is 32.5 Å². The molecule has 3 rings (SSSR count). The monoisotopic (exact) mass is 439 g/mol. The fourth-order valence-electron chi connectivity index (χ4n) is 4.25. The summed E-state index contributed by atoms with van der Waals surface area (Å²) < 4.78 is 6.20. The average molecular weight is 439 g/mol. The highest BCUT2D eigenvalue weighted by atomic mass is 127. The third-order valence-electron chi connectivity index (χ3n) is 5.32. The summed E-state index contributed by atoms with van der Waals surface area (Å²) in [7, 11) is 1.91. The van der Waals surface area contributed by atoms with Crippen LogP contribution >= 0.6 is 35.7 Å². The highest BCUT2D eigenvalue weighted by Gasteiger charge is 2.59. The molecule has 22 heavy (non-hydrogen) atoms. The maximum Gasteiger partial charge on any atom is 0.193 e. The smallest absolute Gasteiger partial charge is 0.193 e. The van der Waals surface area contributed by atoms with E-state index in [0.717, 1.165) is 25.7 Å². The van der Waals surface area contributed by atoms with Crippen molar-refractivity contribution < 1.29 is 4.74 Å². The van der Waals surface area contributed by atoms with Crippen LogP contribution in [-0.4, -0.2) is 60.2 Å². The maximum absolute atomic E-state index is 5.89. The topological polar surface area (TPSA) is 36.9 Å². The van der Waals surface area contributed by atoms with Crippen LogP contribution in [0.15, 0.2) is 4.99 Å². The largest absolute Gasteiger partial charge is 0.377 e. The average Bonchev–Trinajstić information content (AvgIpc) is 2.85. The molecule has 0 spiro atoms. The summed E-state index contributed by atoms with van der Waals surface area (Å²) in [6, 6.07) is 0.487. The number of thioether (sulfide) groups is 1. The van der Waals surface area contributed by atoms with Gasteiger partial charge in [-0.3, -0.25) is 4.99 Å². The van der Waals surface area contributed by atoms with Crippen molar-refractivity contribution in [1.29, 1.82) is 0 Å². The first kappa shape index (κ1) is 18.6. The summed E-state index contributed by atoms with van der Waals surface area (Å²) in [5, 5.41) is 3.76. The molecule has 3 atom stereocenters. The van der Waals surface area contributed by atoms with Crippen molar-refractivity contribution in [3.8, 4) is 0 Å². The number of guanidine groups is 1. The predicted molar refractivity (Wildman–Crippen MR) is 105 cm³/mol. The molecule has 128 valence electrons. The summed E-state index contributed by atoms with van der Waals surface area (Å²) in [4.78, 5) is 6.99. The fourth-order valence-corrected chi connectivity index (χ4v) is 5.36. The van der Waals surface area contributed by atoms with E-state index < -0.39 is 0 Å². The Morgan fingerprint density at radius 3 is 2.68 bits per heavy atom. The number of aliphatic imine (C=N–C) groups is 1. The normalized spacial score (nSPS) is 36.1. The van der Waals surface area contributed by atoms with Gasteiger partial charge in [-0.1, -0.05) is 13.8 Å². The van der Waals surface area contributed by atoms with Gasteiger partial charge in [0.05, 0.1) is 6.10 Å². The van der Waals surface area contributed by atoms with Crippen LogP contribution in [0.5, 0.6) is 0 Å². The van der Waals surface area contributed by atoms with Crippen molar-refractivity contribution in [2.24, 2.45) is 16.3 Å². The molecular weight excluding hydrogens is 409 g/mol. The molecule has 2 heterocycles. The zero-order chi connectivity index (χ0) is 15.3. The molecule has 3 unspecified atom stereocenters. The molecule has 0 aromatic rings. The number of halogens is 1. The van der Waals surface area contributed by atoms with E-state index >= 15 is 0 Å². The fraction of sp³-hybridized carbons (Fsp3) is 0.938. The molecule has 2 saturated heterocycles. The lowest BCUT2D eigenvalue weighted by molar-refractivity contribution is -0.107. The summed E-state index contributed by atoms with van der Waals surface area (Å²) in [5.74, 6) is 2.91. The summed E-state index contributed by atoms with van der Waals surface area (Å²) in [6.45, 7) is 12.4. The lowest BCUT2D eigenvalue weighted by Gasteiger charge is -2.55. The lowest BCUT2D eigenvalue weighted by Crippen LogP contribution is -2.68. The van der Waals surface area contributed by atoms with Crippen molar-refractivity contribution in [2.45, 2.75) is 51.0 Å². The van der Waals surface area contributed by atoms with E-state index in [2.05, 4.69) is 54.7 Å². The second kappa shape index (κ2) is 6.67. The molecule has 2 aliphatic heterocycles. The molecule has 0 aromatic heterocycles. The SMILES string of the molecule is CN=C(NC1C2CCOC2C1(C)C)N1CCSC(C)(C)C1.I. The predicted octanol–water partition coefficient (Wildman–Crippen LogP) is 2.82. The van der Waals surface area contributed by atoms with E-state index in [1.54, 1.807) is 0 Å². The van der Waals surface area contributed by atoms with Gasteiger partial charge in [-0.25, -0.2) is 0 Å². The molecular formula is C16H30IN3OS. The number of hydrogen-bond donors (Lipinski definition) is 1. The Balaban J connectivity index is 0.00000176. The van der Waals surface area contributed by atoms with Gasteiger partial charge in [0.25, 0.3) is 0 Å². The Bertz CT molecular complexity index is 441. The lowest BCUT2D eigenvalue weighted by atomic mass is 9.57. The van der Waals surface area contributed by atoms with Crippen molar-refractivity contribution >= 4 is 41.7 Å². The van der Waals surface area contributed by atoms with Gasteiger partial charge in [-0.05, 0) is 20.3 Å². The molecule has 1 saturated carbocycles. The Morgan fingerprint density at radius 2 is 2.05 bits per heavy atom. The van der Waals surface area contributed by atoms with Crippen LogP contribution in [0.1, 0.15) is 34.1 Å². The van der Waals surface area contributed by atoms with Gasteiger partial charge >= 0.3 is 0 Å². The van der Waals surface area contributed by atoms with Crippen LogP contribution < -0.4 is 5.32 Å². The molecule has 0 aromatic carbocycles. The van der Waals surface area contributed by atoms with Crippen LogP contribution in [0.2, 0.25) is 0 Å². The Kier molecular flexibility index (Phi) is 5.65. The number of ether oxygens (including phenoxy) is 1.